The van der Waals surface area contributed by atoms with Crippen molar-refractivity contribution in [3.05, 3.63) is 54.4 Å². The first kappa shape index (κ1) is 19.4. The van der Waals surface area contributed by atoms with Gasteiger partial charge in [0.25, 0.3) is 0 Å². The first-order valence-corrected chi connectivity index (χ1v) is 10.8. The molecule has 2 heterocycles. The van der Waals surface area contributed by atoms with E-state index in [0.29, 0.717) is 0 Å². The van der Waals surface area contributed by atoms with Gasteiger partial charge in [-0.2, -0.15) is 0 Å². The van der Waals surface area contributed by atoms with Crippen molar-refractivity contribution in [3.63, 3.8) is 0 Å². The Labute approximate surface area is 172 Å². The van der Waals surface area contributed by atoms with Crippen LogP contribution in [-0.2, 0) is 13.1 Å². The van der Waals surface area contributed by atoms with E-state index in [1.165, 1.54) is 25.7 Å². The third-order valence-electron chi connectivity index (χ3n) is 5.42. The summed E-state index contributed by atoms with van der Waals surface area (Å²) in [6, 6.07) is 16.5. The van der Waals surface area contributed by atoms with Crippen molar-refractivity contribution in [1.29, 1.82) is 0 Å². The monoisotopic (exact) mass is 387 g/mol. The van der Waals surface area contributed by atoms with Crippen molar-refractivity contribution >= 4 is 34.2 Å². The highest BCUT2D eigenvalue weighted by Gasteiger charge is 2.11. The normalized spacial score (nSPS) is 11.9. The highest BCUT2D eigenvalue weighted by Crippen LogP contribution is 2.23. The van der Waals surface area contributed by atoms with Crippen molar-refractivity contribution in [1.82, 2.24) is 19.1 Å². The first-order valence-electron chi connectivity index (χ1n) is 10.8. The average Bonchev–Trinajstić information content (AvgIpc) is 3.29. The van der Waals surface area contributed by atoms with Crippen LogP contribution in [0, 0.1) is 0 Å². The van der Waals surface area contributed by atoms with Gasteiger partial charge in [0, 0.05) is 13.1 Å². The number of unbranched alkanes of at least 4 members (excludes halogenated alkanes) is 4. The van der Waals surface area contributed by atoms with E-state index < -0.39 is 0 Å². The van der Waals surface area contributed by atoms with Crippen LogP contribution < -0.4 is 0 Å². The molecule has 0 aliphatic rings. The van der Waals surface area contributed by atoms with Crippen LogP contribution in [0.4, 0.5) is 5.95 Å². The SMILES string of the molecule is CCCCCCCn1c(/N=C/c2nc3ccccc3n2CC)nc2ccccc21. The Kier molecular flexibility index (Phi) is 6.03. The van der Waals surface area contributed by atoms with Crippen LogP contribution in [0.2, 0.25) is 0 Å². The Morgan fingerprint density at radius 1 is 0.793 bits per heavy atom. The van der Waals surface area contributed by atoms with Gasteiger partial charge < -0.3 is 9.13 Å². The van der Waals surface area contributed by atoms with Crippen LogP contribution in [0.3, 0.4) is 0 Å². The van der Waals surface area contributed by atoms with Gasteiger partial charge in [0.2, 0.25) is 5.95 Å². The first-order chi connectivity index (χ1) is 14.3. The number of nitrogens with zero attached hydrogens (tertiary/aromatic N) is 5. The fraction of sp³-hybridized carbons (Fsp3) is 0.375. The molecule has 2 aromatic heterocycles. The van der Waals surface area contributed by atoms with Crippen LogP contribution in [0.25, 0.3) is 22.1 Å². The molecule has 5 nitrogen and oxygen atoms in total. The number of hydrogen-bond donors (Lipinski definition) is 0. The fourth-order valence-corrected chi connectivity index (χ4v) is 3.90. The highest BCUT2D eigenvalue weighted by molar-refractivity contribution is 5.86. The molecule has 0 amide bonds. The second-order valence-electron chi connectivity index (χ2n) is 7.43. The number of rotatable bonds is 9. The summed E-state index contributed by atoms with van der Waals surface area (Å²) >= 11 is 0. The van der Waals surface area contributed by atoms with E-state index in [4.69, 9.17) is 15.0 Å². The molecule has 0 bridgehead atoms. The van der Waals surface area contributed by atoms with E-state index in [0.717, 1.165) is 53.3 Å². The summed E-state index contributed by atoms with van der Waals surface area (Å²) in [5.74, 6) is 1.63. The molecule has 0 radical (unpaired) electrons. The van der Waals surface area contributed by atoms with Gasteiger partial charge in [-0.15, -0.1) is 0 Å². The zero-order valence-electron chi connectivity index (χ0n) is 17.4. The van der Waals surface area contributed by atoms with Crippen LogP contribution >= 0.6 is 0 Å². The Balaban J connectivity index is 1.64. The van der Waals surface area contributed by atoms with Gasteiger partial charge >= 0.3 is 0 Å². The quantitative estimate of drug-likeness (QED) is 0.256. The number of aliphatic imine (C=N–C) groups is 1. The highest BCUT2D eigenvalue weighted by atomic mass is 15.2. The molecule has 0 saturated carbocycles. The summed E-state index contributed by atoms with van der Waals surface area (Å²) in [5.41, 5.74) is 4.29. The standard InChI is InChI=1S/C24H29N5/c1-3-5-6-7-12-17-29-22-16-11-9-14-20(22)27-24(29)25-18-23-26-19-13-8-10-15-21(19)28(23)4-2/h8-11,13-16,18H,3-7,12,17H2,1-2H3/b25-18+. The smallest absolute Gasteiger partial charge is 0.230 e. The molecule has 29 heavy (non-hydrogen) atoms. The van der Waals surface area contributed by atoms with Crippen molar-refractivity contribution in [2.75, 3.05) is 0 Å². The largest absolute Gasteiger partial charge is 0.323 e. The zero-order chi connectivity index (χ0) is 20.1. The van der Waals surface area contributed by atoms with E-state index in [9.17, 15) is 0 Å². The van der Waals surface area contributed by atoms with Gasteiger partial charge in [0.15, 0.2) is 5.82 Å². The summed E-state index contributed by atoms with van der Waals surface area (Å²) in [5, 5.41) is 0. The molecule has 0 aliphatic carbocycles. The van der Waals surface area contributed by atoms with E-state index >= 15 is 0 Å². The maximum Gasteiger partial charge on any atom is 0.230 e. The summed E-state index contributed by atoms with van der Waals surface area (Å²) in [7, 11) is 0. The second kappa shape index (κ2) is 9.03. The van der Waals surface area contributed by atoms with Crippen LogP contribution in [-0.4, -0.2) is 25.3 Å². The second-order valence-corrected chi connectivity index (χ2v) is 7.43. The molecule has 0 saturated heterocycles. The van der Waals surface area contributed by atoms with Crippen molar-refractivity contribution in [3.8, 4) is 0 Å². The van der Waals surface area contributed by atoms with Crippen molar-refractivity contribution in [2.45, 2.75) is 59.0 Å². The Morgan fingerprint density at radius 3 is 2.17 bits per heavy atom. The molecule has 150 valence electrons. The van der Waals surface area contributed by atoms with E-state index in [1.54, 1.807) is 0 Å². The number of benzene rings is 2. The molecular formula is C24H29N5. The summed E-state index contributed by atoms with van der Waals surface area (Å²) in [6.07, 6.45) is 8.12. The van der Waals surface area contributed by atoms with Crippen LogP contribution in [0.15, 0.2) is 53.5 Å². The molecule has 0 atom stereocenters. The van der Waals surface area contributed by atoms with Gasteiger partial charge in [0.1, 0.15) is 0 Å². The lowest BCUT2D eigenvalue weighted by Gasteiger charge is -2.06. The molecule has 5 heteroatoms. The number of para-hydroxylation sites is 4. The Hall–Kier alpha value is -2.95. The van der Waals surface area contributed by atoms with Gasteiger partial charge in [-0.25, -0.2) is 15.0 Å². The molecule has 4 rings (SSSR count). The number of aryl methyl sites for hydroxylation is 2. The van der Waals surface area contributed by atoms with Gasteiger partial charge in [0.05, 0.1) is 28.3 Å². The molecular weight excluding hydrogens is 358 g/mol. The molecule has 2 aromatic carbocycles. The van der Waals surface area contributed by atoms with Crippen molar-refractivity contribution < 1.29 is 0 Å². The minimum absolute atomic E-state index is 0.761. The molecule has 0 N–H and O–H groups in total. The van der Waals surface area contributed by atoms with Gasteiger partial charge in [-0.3, -0.25) is 0 Å². The van der Waals surface area contributed by atoms with E-state index in [-0.39, 0.29) is 0 Å². The maximum atomic E-state index is 4.78. The minimum atomic E-state index is 0.761. The van der Waals surface area contributed by atoms with Crippen molar-refractivity contribution in [2.24, 2.45) is 4.99 Å². The fourth-order valence-electron chi connectivity index (χ4n) is 3.90. The number of aromatic nitrogens is 4. The molecule has 0 aliphatic heterocycles. The third kappa shape index (κ3) is 4.09. The maximum absolute atomic E-state index is 4.78. The third-order valence-corrected chi connectivity index (χ3v) is 5.42. The molecule has 4 aromatic rings. The summed E-state index contributed by atoms with van der Waals surface area (Å²) in [4.78, 5) is 14.3. The average molecular weight is 388 g/mol. The molecule has 0 unspecified atom stereocenters. The minimum Gasteiger partial charge on any atom is -0.323 e. The number of imidazole rings is 2. The Morgan fingerprint density at radius 2 is 1.45 bits per heavy atom. The number of fused-ring (bicyclic) bond motifs is 2. The molecule has 0 fully saturated rings. The Bertz CT molecular complexity index is 1120. The lowest BCUT2D eigenvalue weighted by atomic mass is 10.1. The van der Waals surface area contributed by atoms with Gasteiger partial charge in [-0.05, 0) is 37.6 Å². The number of hydrogen-bond acceptors (Lipinski definition) is 3. The lowest BCUT2D eigenvalue weighted by molar-refractivity contribution is 0.577. The predicted molar refractivity (Wildman–Crippen MR) is 121 cm³/mol. The predicted octanol–water partition coefficient (Wildman–Crippen LogP) is 6.13. The lowest BCUT2D eigenvalue weighted by Crippen LogP contribution is -2.01. The topological polar surface area (TPSA) is 48.0 Å². The van der Waals surface area contributed by atoms with Crippen LogP contribution in [0.5, 0.6) is 0 Å². The summed E-state index contributed by atoms with van der Waals surface area (Å²) < 4.78 is 4.44. The van der Waals surface area contributed by atoms with E-state index in [2.05, 4.69) is 53.3 Å². The zero-order valence-corrected chi connectivity index (χ0v) is 17.4. The van der Waals surface area contributed by atoms with Crippen LogP contribution in [0.1, 0.15) is 51.8 Å². The summed E-state index contributed by atoms with van der Waals surface area (Å²) in [6.45, 7) is 6.19. The van der Waals surface area contributed by atoms with E-state index in [1.807, 2.05) is 24.4 Å². The molecule has 0 spiro atoms. The van der Waals surface area contributed by atoms with Gasteiger partial charge in [-0.1, -0.05) is 56.9 Å².